The van der Waals surface area contributed by atoms with Crippen LogP contribution in [0, 0.1) is 0 Å². The van der Waals surface area contributed by atoms with Gasteiger partial charge in [-0.05, 0) is 43.4 Å². The Kier molecular flexibility index (Phi) is 6.73. The van der Waals surface area contributed by atoms with Crippen LogP contribution in [0.5, 0.6) is 0 Å². The number of rotatable bonds is 6. The van der Waals surface area contributed by atoms with E-state index in [1.165, 1.54) is 37.9 Å². The Morgan fingerprint density at radius 3 is 2.68 bits per heavy atom. The molecule has 1 fully saturated rings. The number of carbonyl (C=O) groups excluding carboxylic acids is 1. The first-order valence-corrected chi connectivity index (χ1v) is 8.91. The highest BCUT2D eigenvalue weighted by Crippen LogP contribution is 2.26. The lowest BCUT2D eigenvalue weighted by Crippen LogP contribution is -2.29. The normalized spacial score (nSPS) is 18.0. The Morgan fingerprint density at radius 1 is 1.27 bits per heavy atom. The minimum absolute atomic E-state index is 0.0359. The van der Waals surface area contributed by atoms with Crippen molar-refractivity contribution >= 4 is 22.6 Å². The SMILES string of the molecule is CC(=O)SCCC(O)C(O)c1cccc(N2CCCCC2)c1. The van der Waals surface area contributed by atoms with E-state index in [2.05, 4.69) is 11.0 Å². The van der Waals surface area contributed by atoms with Gasteiger partial charge in [0, 0.05) is 31.5 Å². The van der Waals surface area contributed by atoms with Crippen molar-refractivity contribution in [1.82, 2.24) is 0 Å². The van der Waals surface area contributed by atoms with Crippen molar-refractivity contribution in [3.63, 3.8) is 0 Å². The van der Waals surface area contributed by atoms with Crippen LogP contribution < -0.4 is 4.90 Å². The summed E-state index contributed by atoms with van der Waals surface area (Å²) in [4.78, 5) is 13.2. The first-order chi connectivity index (χ1) is 10.6. The fourth-order valence-corrected chi connectivity index (χ4v) is 3.41. The molecule has 1 saturated heterocycles. The van der Waals surface area contributed by atoms with Crippen LogP contribution in [-0.4, -0.2) is 40.3 Å². The Hall–Kier alpha value is -1.04. The first kappa shape index (κ1) is 17.3. The molecule has 2 atom stereocenters. The summed E-state index contributed by atoms with van der Waals surface area (Å²) in [5.74, 6) is 0.527. The van der Waals surface area contributed by atoms with E-state index in [1.54, 1.807) is 0 Å². The number of carbonyl (C=O) groups is 1. The lowest BCUT2D eigenvalue weighted by molar-refractivity contribution is -0.109. The van der Waals surface area contributed by atoms with Gasteiger partial charge in [0.05, 0.1) is 6.10 Å². The van der Waals surface area contributed by atoms with Gasteiger partial charge in [-0.2, -0.15) is 0 Å². The summed E-state index contributed by atoms with van der Waals surface area (Å²) >= 11 is 1.18. The average Bonchev–Trinajstić information content (AvgIpc) is 2.54. The zero-order chi connectivity index (χ0) is 15.9. The molecule has 2 unspecified atom stereocenters. The highest BCUT2D eigenvalue weighted by molar-refractivity contribution is 8.13. The number of anilines is 1. The van der Waals surface area contributed by atoms with Crippen molar-refractivity contribution in [2.45, 2.75) is 44.8 Å². The Morgan fingerprint density at radius 2 is 2.00 bits per heavy atom. The van der Waals surface area contributed by atoms with Crippen LogP contribution in [-0.2, 0) is 4.79 Å². The van der Waals surface area contributed by atoms with Gasteiger partial charge in [0.1, 0.15) is 6.10 Å². The number of benzene rings is 1. The Bertz CT molecular complexity index is 489. The van der Waals surface area contributed by atoms with E-state index in [1.807, 2.05) is 18.2 Å². The van der Waals surface area contributed by atoms with Crippen LogP contribution in [0.2, 0.25) is 0 Å². The molecule has 0 aromatic heterocycles. The summed E-state index contributed by atoms with van der Waals surface area (Å²) in [7, 11) is 0. The molecule has 5 heteroatoms. The second-order valence-electron chi connectivity index (χ2n) is 5.78. The number of aliphatic hydroxyl groups excluding tert-OH is 2. The van der Waals surface area contributed by atoms with Gasteiger partial charge < -0.3 is 15.1 Å². The summed E-state index contributed by atoms with van der Waals surface area (Å²) in [5, 5.41) is 20.4. The zero-order valence-corrected chi connectivity index (χ0v) is 13.9. The molecule has 1 aromatic rings. The van der Waals surface area contributed by atoms with Crippen molar-refractivity contribution in [1.29, 1.82) is 0 Å². The third kappa shape index (κ3) is 5.00. The fraction of sp³-hybridized carbons (Fsp3) is 0.588. The number of hydrogen-bond acceptors (Lipinski definition) is 5. The van der Waals surface area contributed by atoms with Crippen LogP contribution in [0.3, 0.4) is 0 Å². The molecule has 1 aliphatic heterocycles. The predicted octanol–water partition coefficient (Wildman–Crippen LogP) is 2.74. The lowest BCUT2D eigenvalue weighted by atomic mass is 10.0. The minimum Gasteiger partial charge on any atom is -0.390 e. The van der Waals surface area contributed by atoms with Gasteiger partial charge in [0.2, 0.25) is 0 Å². The number of thioether (sulfide) groups is 1. The van der Waals surface area contributed by atoms with Gasteiger partial charge in [0.25, 0.3) is 0 Å². The van der Waals surface area contributed by atoms with E-state index in [-0.39, 0.29) is 5.12 Å². The van der Waals surface area contributed by atoms with E-state index in [9.17, 15) is 15.0 Å². The molecule has 1 heterocycles. The molecule has 0 amide bonds. The van der Waals surface area contributed by atoms with Gasteiger partial charge in [-0.3, -0.25) is 4.79 Å². The molecule has 1 aliphatic rings. The van der Waals surface area contributed by atoms with Crippen molar-refractivity contribution in [2.75, 3.05) is 23.7 Å². The summed E-state index contributed by atoms with van der Waals surface area (Å²) in [5.41, 5.74) is 1.85. The van der Waals surface area contributed by atoms with Crippen LogP contribution >= 0.6 is 11.8 Å². The number of piperidine rings is 1. The topological polar surface area (TPSA) is 60.8 Å². The maximum atomic E-state index is 10.9. The largest absolute Gasteiger partial charge is 0.390 e. The maximum Gasteiger partial charge on any atom is 0.185 e. The van der Waals surface area contributed by atoms with Crippen LogP contribution in [0.1, 0.15) is 44.3 Å². The Labute approximate surface area is 136 Å². The molecule has 0 saturated carbocycles. The quantitative estimate of drug-likeness (QED) is 0.843. The van der Waals surface area contributed by atoms with Gasteiger partial charge in [-0.25, -0.2) is 0 Å². The summed E-state index contributed by atoms with van der Waals surface area (Å²) in [6.45, 7) is 3.62. The van der Waals surface area contributed by atoms with Gasteiger partial charge >= 0.3 is 0 Å². The van der Waals surface area contributed by atoms with Crippen LogP contribution in [0.4, 0.5) is 5.69 Å². The van der Waals surface area contributed by atoms with Crippen molar-refractivity contribution in [3.8, 4) is 0 Å². The molecule has 0 bridgehead atoms. The van der Waals surface area contributed by atoms with E-state index >= 15 is 0 Å². The summed E-state index contributed by atoms with van der Waals surface area (Å²) in [6, 6.07) is 7.80. The Balaban J connectivity index is 1.96. The highest BCUT2D eigenvalue weighted by atomic mass is 32.2. The molecule has 4 nitrogen and oxygen atoms in total. The standard InChI is InChI=1S/C17H25NO3S/c1-13(19)22-11-8-16(20)17(21)14-6-5-7-15(12-14)18-9-3-2-4-10-18/h5-7,12,16-17,20-21H,2-4,8-11H2,1H3. The molecule has 2 N–H and O–H groups in total. The molecule has 0 aliphatic carbocycles. The van der Waals surface area contributed by atoms with E-state index in [0.717, 1.165) is 24.3 Å². The van der Waals surface area contributed by atoms with Crippen molar-refractivity contribution in [2.24, 2.45) is 0 Å². The molecule has 22 heavy (non-hydrogen) atoms. The third-order valence-corrected chi connectivity index (χ3v) is 4.86. The molecule has 122 valence electrons. The van der Waals surface area contributed by atoms with Gasteiger partial charge in [-0.1, -0.05) is 23.9 Å². The second-order valence-corrected chi connectivity index (χ2v) is 7.06. The second kappa shape index (κ2) is 8.56. The predicted molar refractivity (Wildman–Crippen MR) is 91.2 cm³/mol. The molecule has 0 spiro atoms. The summed E-state index contributed by atoms with van der Waals surface area (Å²) in [6.07, 6.45) is 2.35. The number of nitrogens with zero attached hydrogens (tertiary/aromatic N) is 1. The minimum atomic E-state index is -0.905. The number of hydrogen-bond donors (Lipinski definition) is 2. The smallest absolute Gasteiger partial charge is 0.185 e. The van der Waals surface area contributed by atoms with E-state index in [4.69, 9.17) is 0 Å². The zero-order valence-electron chi connectivity index (χ0n) is 13.1. The monoisotopic (exact) mass is 323 g/mol. The van der Waals surface area contributed by atoms with Gasteiger partial charge in [-0.15, -0.1) is 0 Å². The van der Waals surface area contributed by atoms with Crippen LogP contribution in [0.25, 0.3) is 0 Å². The van der Waals surface area contributed by atoms with Crippen molar-refractivity contribution < 1.29 is 15.0 Å². The number of aliphatic hydroxyl groups is 2. The highest BCUT2D eigenvalue weighted by Gasteiger charge is 2.20. The lowest BCUT2D eigenvalue weighted by Gasteiger charge is -2.29. The van der Waals surface area contributed by atoms with E-state index in [0.29, 0.717) is 12.2 Å². The molecular formula is C17H25NO3S. The summed E-state index contributed by atoms with van der Waals surface area (Å²) < 4.78 is 0. The molecular weight excluding hydrogens is 298 g/mol. The fourth-order valence-electron chi connectivity index (χ4n) is 2.76. The maximum absolute atomic E-state index is 10.9. The third-order valence-electron chi connectivity index (χ3n) is 4.02. The first-order valence-electron chi connectivity index (χ1n) is 7.92. The van der Waals surface area contributed by atoms with Crippen LogP contribution in [0.15, 0.2) is 24.3 Å². The molecule has 2 rings (SSSR count). The van der Waals surface area contributed by atoms with Crippen molar-refractivity contribution in [3.05, 3.63) is 29.8 Å². The van der Waals surface area contributed by atoms with Gasteiger partial charge in [0.15, 0.2) is 5.12 Å². The molecule has 1 aromatic carbocycles. The molecule has 0 radical (unpaired) electrons. The van der Waals surface area contributed by atoms with E-state index < -0.39 is 12.2 Å². The average molecular weight is 323 g/mol.